The van der Waals surface area contributed by atoms with Crippen LogP contribution in [0.1, 0.15) is 32.1 Å². The third-order valence-electron chi connectivity index (χ3n) is 5.82. The lowest BCUT2D eigenvalue weighted by atomic mass is 9.54. The first kappa shape index (κ1) is 15.4. The Morgan fingerprint density at radius 1 is 1.04 bits per heavy atom. The van der Waals surface area contributed by atoms with E-state index in [2.05, 4.69) is 5.32 Å². The van der Waals surface area contributed by atoms with Crippen molar-refractivity contribution in [1.82, 2.24) is 5.32 Å². The topological polar surface area (TPSA) is 29.1 Å². The molecule has 4 aliphatic carbocycles. The molecule has 4 aliphatic rings. The Hall–Kier alpha value is -1.10. The van der Waals surface area contributed by atoms with E-state index in [1.807, 2.05) is 0 Å². The largest absolute Gasteiger partial charge is 0.352 e. The Bertz CT molecular complexity index is 593. The third kappa shape index (κ3) is 3.12. The molecular weight excluding hydrogens is 316 g/mol. The fraction of sp³-hybridized carbons (Fsp3) is 0.611. The van der Waals surface area contributed by atoms with Gasteiger partial charge in [-0.3, -0.25) is 4.79 Å². The van der Waals surface area contributed by atoms with E-state index in [0.717, 1.165) is 24.0 Å². The van der Waals surface area contributed by atoms with Crippen molar-refractivity contribution in [2.24, 2.45) is 23.7 Å². The second-order valence-electron chi connectivity index (χ2n) is 7.39. The van der Waals surface area contributed by atoms with Gasteiger partial charge in [0.15, 0.2) is 11.6 Å². The van der Waals surface area contributed by atoms with E-state index in [4.69, 9.17) is 0 Å². The van der Waals surface area contributed by atoms with Crippen LogP contribution >= 0.6 is 11.8 Å². The predicted molar refractivity (Wildman–Crippen MR) is 86.1 cm³/mol. The van der Waals surface area contributed by atoms with E-state index in [-0.39, 0.29) is 11.7 Å². The van der Waals surface area contributed by atoms with Crippen molar-refractivity contribution in [2.45, 2.75) is 43.0 Å². The SMILES string of the molecule is O=C(CSc1ccc(F)c(F)c1)NC1C2CC3CC(C2)CC1C3. The highest BCUT2D eigenvalue weighted by molar-refractivity contribution is 8.00. The molecule has 0 aliphatic heterocycles. The van der Waals surface area contributed by atoms with Crippen LogP contribution in [0, 0.1) is 35.3 Å². The lowest BCUT2D eigenvalue weighted by Crippen LogP contribution is -2.56. The molecule has 0 heterocycles. The quantitative estimate of drug-likeness (QED) is 0.842. The average molecular weight is 337 g/mol. The Kier molecular flexibility index (Phi) is 4.08. The molecule has 5 heteroatoms. The molecule has 124 valence electrons. The molecule has 4 fully saturated rings. The number of nitrogens with one attached hydrogen (secondary N) is 1. The first-order valence-corrected chi connectivity index (χ1v) is 9.44. The number of carbonyl (C=O) groups excluding carboxylic acids is 1. The molecule has 0 unspecified atom stereocenters. The van der Waals surface area contributed by atoms with Crippen molar-refractivity contribution < 1.29 is 13.6 Å². The standard InChI is InChI=1S/C18H21F2NOS/c19-15-2-1-14(8-16(15)20)23-9-17(22)21-18-12-4-10-3-11(6-12)7-13(18)5-10/h1-2,8,10-13,18H,3-7,9H2,(H,21,22). The van der Waals surface area contributed by atoms with Gasteiger partial charge in [0, 0.05) is 10.9 Å². The highest BCUT2D eigenvalue weighted by Crippen LogP contribution is 2.53. The lowest BCUT2D eigenvalue weighted by Gasteiger charge is -2.54. The van der Waals surface area contributed by atoms with Crippen LogP contribution in [0.3, 0.4) is 0 Å². The van der Waals surface area contributed by atoms with Crippen molar-refractivity contribution in [3.05, 3.63) is 29.8 Å². The summed E-state index contributed by atoms with van der Waals surface area (Å²) in [6.07, 6.45) is 6.49. The van der Waals surface area contributed by atoms with Gasteiger partial charge in [0.2, 0.25) is 5.91 Å². The number of amides is 1. The number of carbonyl (C=O) groups is 1. The van der Waals surface area contributed by atoms with E-state index in [1.54, 1.807) is 0 Å². The van der Waals surface area contributed by atoms with Crippen molar-refractivity contribution in [2.75, 3.05) is 5.75 Å². The highest BCUT2D eigenvalue weighted by atomic mass is 32.2. The smallest absolute Gasteiger partial charge is 0.230 e. The minimum Gasteiger partial charge on any atom is -0.352 e. The highest BCUT2D eigenvalue weighted by Gasteiger charge is 2.48. The van der Waals surface area contributed by atoms with Crippen molar-refractivity contribution in [3.8, 4) is 0 Å². The molecule has 0 atom stereocenters. The van der Waals surface area contributed by atoms with E-state index >= 15 is 0 Å². The summed E-state index contributed by atoms with van der Waals surface area (Å²) in [4.78, 5) is 12.8. The van der Waals surface area contributed by atoms with E-state index in [9.17, 15) is 13.6 Å². The Labute approximate surface area is 139 Å². The second-order valence-corrected chi connectivity index (χ2v) is 8.44. The number of hydrogen-bond donors (Lipinski definition) is 1. The molecule has 4 saturated carbocycles. The van der Waals surface area contributed by atoms with Gasteiger partial charge in [-0.2, -0.15) is 0 Å². The Morgan fingerprint density at radius 2 is 1.70 bits per heavy atom. The number of rotatable bonds is 4. The Morgan fingerprint density at radius 3 is 2.30 bits per heavy atom. The number of benzene rings is 1. The summed E-state index contributed by atoms with van der Waals surface area (Å²) in [6, 6.07) is 4.10. The lowest BCUT2D eigenvalue weighted by molar-refractivity contribution is -0.122. The van der Waals surface area contributed by atoms with Crippen LogP contribution in [-0.4, -0.2) is 17.7 Å². The fourth-order valence-corrected chi connectivity index (χ4v) is 5.84. The van der Waals surface area contributed by atoms with Gasteiger partial charge in [-0.05, 0) is 74.0 Å². The van der Waals surface area contributed by atoms with Crippen molar-refractivity contribution in [3.63, 3.8) is 0 Å². The van der Waals surface area contributed by atoms with Crippen molar-refractivity contribution in [1.29, 1.82) is 0 Å². The zero-order valence-corrected chi connectivity index (χ0v) is 13.8. The van der Waals surface area contributed by atoms with Crippen LogP contribution in [-0.2, 0) is 4.79 Å². The van der Waals surface area contributed by atoms with Crippen LogP contribution in [0.5, 0.6) is 0 Å². The van der Waals surface area contributed by atoms with Crippen molar-refractivity contribution >= 4 is 17.7 Å². The molecule has 4 bridgehead atoms. The van der Waals surface area contributed by atoms with Gasteiger partial charge in [0.05, 0.1) is 5.75 Å². The van der Waals surface area contributed by atoms with Gasteiger partial charge in [-0.1, -0.05) is 0 Å². The summed E-state index contributed by atoms with van der Waals surface area (Å²) in [5.74, 6) is 1.64. The van der Waals surface area contributed by atoms with Crippen LogP contribution in [0.4, 0.5) is 8.78 Å². The van der Waals surface area contributed by atoms with Gasteiger partial charge in [0.25, 0.3) is 0 Å². The number of halogens is 2. The monoisotopic (exact) mass is 337 g/mol. The van der Waals surface area contributed by atoms with Gasteiger partial charge >= 0.3 is 0 Å². The Balaban J connectivity index is 1.32. The molecule has 0 aromatic heterocycles. The molecule has 1 amide bonds. The molecule has 1 N–H and O–H groups in total. The van der Waals surface area contributed by atoms with Gasteiger partial charge in [-0.15, -0.1) is 11.8 Å². The molecule has 5 rings (SSSR count). The molecule has 1 aromatic rings. The molecule has 0 radical (unpaired) electrons. The number of hydrogen-bond acceptors (Lipinski definition) is 2. The summed E-state index contributed by atoms with van der Waals surface area (Å²) >= 11 is 1.26. The molecule has 23 heavy (non-hydrogen) atoms. The zero-order chi connectivity index (χ0) is 16.0. The van der Waals surface area contributed by atoms with E-state index < -0.39 is 11.6 Å². The first-order chi connectivity index (χ1) is 11.1. The maximum absolute atomic E-state index is 13.2. The first-order valence-electron chi connectivity index (χ1n) is 8.45. The van der Waals surface area contributed by atoms with Crippen LogP contribution < -0.4 is 5.32 Å². The molecule has 2 nitrogen and oxygen atoms in total. The molecular formula is C18H21F2NOS. The predicted octanol–water partition coefficient (Wildman–Crippen LogP) is 4.00. The van der Waals surface area contributed by atoms with Crippen LogP contribution in [0.2, 0.25) is 0 Å². The maximum Gasteiger partial charge on any atom is 0.230 e. The summed E-state index contributed by atoms with van der Waals surface area (Å²) in [7, 11) is 0. The maximum atomic E-state index is 13.2. The van der Waals surface area contributed by atoms with Gasteiger partial charge in [-0.25, -0.2) is 8.78 Å². The van der Waals surface area contributed by atoms with Crippen LogP contribution in [0.25, 0.3) is 0 Å². The fourth-order valence-electron chi connectivity index (χ4n) is 5.10. The van der Waals surface area contributed by atoms with E-state index in [1.165, 1.54) is 49.9 Å². The second kappa shape index (κ2) is 6.08. The van der Waals surface area contributed by atoms with Gasteiger partial charge < -0.3 is 5.32 Å². The third-order valence-corrected chi connectivity index (χ3v) is 6.81. The summed E-state index contributed by atoms with van der Waals surface area (Å²) in [5, 5.41) is 3.23. The van der Waals surface area contributed by atoms with Crippen LogP contribution in [0.15, 0.2) is 23.1 Å². The minimum absolute atomic E-state index is 0.0113. The summed E-state index contributed by atoms with van der Waals surface area (Å²) < 4.78 is 26.1. The normalized spacial score (nSPS) is 34.6. The van der Waals surface area contributed by atoms with E-state index in [0.29, 0.717) is 22.8 Å². The summed E-state index contributed by atoms with van der Waals surface area (Å²) in [6.45, 7) is 0. The minimum atomic E-state index is -0.864. The summed E-state index contributed by atoms with van der Waals surface area (Å²) in [5.41, 5.74) is 0. The van der Waals surface area contributed by atoms with Gasteiger partial charge in [0.1, 0.15) is 0 Å². The molecule has 0 saturated heterocycles. The number of thioether (sulfide) groups is 1. The molecule has 1 aromatic carbocycles. The zero-order valence-electron chi connectivity index (χ0n) is 12.9. The average Bonchev–Trinajstić information content (AvgIpc) is 2.51. The molecule has 0 spiro atoms.